The Morgan fingerprint density at radius 3 is 0.455 bits per heavy atom. The zero-order valence-corrected chi connectivity index (χ0v) is 15.9. The van der Waals surface area contributed by atoms with Crippen LogP contribution in [0.2, 0.25) is 0 Å². The van der Waals surface area contributed by atoms with Crippen LogP contribution in [0.15, 0.2) is 0 Å². The van der Waals surface area contributed by atoms with E-state index in [4.69, 9.17) is 77.0 Å². The van der Waals surface area contributed by atoms with Crippen LogP contribution in [0.4, 0.5) is 0 Å². The Kier molecular flexibility index (Phi) is 28.7. The maximum Gasteiger partial charge on any atom is 2.00 e. The maximum atomic E-state index is 8.77. The standard InChI is InChI=1S/Mg.Mn.4H3O4P/c;;4*1-5(2,3)4/h;;4*(H3,1,2,3,4)/q2*+2;;;;/p-4. The molecule has 0 atom stereocenters. The van der Waals surface area contributed by atoms with E-state index < -0.39 is 31.3 Å². The van der Waals surface area contributed by atoms with Gasteiger partial charge in [-0.25, -0.2) is 0 Å². The van der Waals surface area contributed by atoms with Gasteiger partial charge in [-0.1, -0.05) is 0 Å². The van der Waals surface area contributed by atoms with Gasteiger partial charge in [-0.2, -0.15) is 0 Å². The van der Waals surface area contributed by atoms with E-state index in [1.807, 2.05) is 0 Å². The van der Waals surface area contributed by atoms with Crippen molar-refractivity contribution in [2.24, 2.45) is 0 Å². The Bertz CT molecular complexity index is 291. The maximum absolute atomic E-state index is 8.77. The van der Waals surface area contributed by atoms with Crippen LogP contribution >= 0.6 is 31.3 Å². The van der Waals surface area contributed by atoms with Crippen LogP contribution < -0.4 is 19.6 Å². The summed E-state index contributed by atoms with van der Waals surface area (Å²) in [5.41, 5.74) is 0. The fourth-order valence-corrected chi connectivity index (χ4v) is 0. The molecule has 22 heavy (non-hydrogen) atoms. The van der Waals surface area contributed by atoms with E-state index in [9.17, 15) is 0 Å². The molecule has 1 radical (unpaired) electrons. The molecular weight excluding hydrogens is 459 g/mol. The van der Waals surface area contributed by atoms with Crippen molar-refractivity contribution >= 4 is 54.3 Å². The quantitative estimate of drug-likeness (QED) is 0.121. The van der Waals surface area contributed by atoms with E-state index in [0.29, 0.717) is 0 Å². The summed E-state index contributed by atoms with van der Waals surface area (Å²) in [5.74, 6) is 0. The van der Waals surface area contributed by atoms with E-state index in [1.54, 1.807) is 0 Å². The normalized spacial score (nSPS) is 10.7. The van der Waals surface area contributed by atoms with E-state index in [0.717, 1.165) is 0 Å². The van der Waals surface area contributed by atoms with Crippen LogP contribution in [0.5, 0.6) is 0 Å². The molecular formula is H8MgMnO16P4. The summed E-state index contributed by atoms with van der Waals surface area (Å²) >= 11 is 0. The number of rotatable bonds is 0. The predicted molar refractivity (Wildman–Crippen MR) is 53.9 cm³/mol. The Labute approximate surface area is 148 Å². The first kappa shape index (κ1) is 39.0. The van der Waals surface area contributed by atoms with E-state index >= 15 is 0 Å². The van der Waals surface area contributed by atoms with Crippen LogP contribution in [-0.4, -0.2) is 62.2 Å². The van der Waals surface area contributed by atoms with Gasteiger partial charge in [0.15, 0.2) is 0 Å². The summed E-state index contributed by atoms with van der Waals surface area (Å²) in [4.78, 5) is 91.7. The Balaban J connectivity index is -0.0000000376. The molecule has 133 valence electrons. The van der Waals surface area contributed by atoms with Gasteiger partial charge >= 0.3 is 40.1 Å². The first-order valence-electron chi connectivity index (χ1n) is 3.06. The van der Waals surface area contributed by atoms with Gasteiger partial charge in [0, 0.05) is 0 Å². The molecule has 22 heteroatoms. The Hall–Kier alpha value is 1.73. The molecule has 8 N–H and O–H groups in total. The molecule has 0 aliphatic rings. The number of hydrogen-bond acceptors (Lipinski definition) is 8. The van der Waals surface area contributed by atoms with Crippen molar-refractivity contribution in [2.75, 3.05) is 0 Å². The van der Waals surface area contributed by atoms with Gasteiger partial charge in [0.05, 0.1) is 0 Å². The van der Waals surface area contributed by atoms with Crippen molar-refractivity contribution in [1.29, 1.82) is 0 Å². The van der Waals surface area contributed by atoms with Crippen LogP contribution in [0.1, 0.15) is 0 Å². The third-order valence-corrected chi connectivity index (χ3v) is 0. The largest absolute Gasteiger partial charge is 2.00 e. The van der Waals surface area contributed by atoms with Crippen molar-refractivity contribution in [3.63, 3.8) is 0 Å². The minimum atomic E-state index is -4.89. The Morgan fingerprint density at radius 1 is 0.455 bits per heavy atom. The van der Waals surface area contributed by atoms with Crippen LogP contribution in [0.3, 0.4) is 0 Å². The third kappa shape index (κ3) is 3130. The van der Waals surface area contributed by atoms with Crippen molar-refractivity contribution in [3.8, 4) is 0 Å². The molecule has 0 bridgehead atoms. The second-order valence-electron chi connectivity index (χ2n) is 1.96. The van der Waals surface area contributed by atoms with Gasteiger partial charge in [-0.05, 0) is 0 Å². The van der Waals surface area contributed by atoms with Gasteiger partial charge in [0.1, 0.15) is 0 Å². The van der Waals surface area contributed by atoms with Gasteiger partial charge in [-0.3, -0.25) is 18.3 Å². The Morgan fingerprint density at radius 2 is 0.455 bits per heavy atom. The summed E-state index contributed by atoms with van der Waals surface area (Å²) in [6.45, 7) is 0. The molecule has 0 aliphatic heterocycles. The smallest absolute Gasteiger partial charge is 0.756 e. The molecule has 0 aliphatic carbocycles. The topological polar surface area (TPSA) is 322 Å². The first-order chi connectivity index (χ1) is 8.00. The first-order valence-corrected chi connectivity index (χ1v) is 9.18. The zero-order chi connectivity index (χ0) is 18.0. The second kappa shape index (κ2) is 16.2. The molecule has 0 aromatic carbocycles. The fourth-order valence-electron chi connectivity index (χ4n) is 0. The molecule has 0 rings (SSSR count). The summed E-state index contributed by atoms with van der Waals surface area (Å²) < 4.78 is 35.1. The number of phosphoric acid groups is 4. The molecule has 0 saturated heterocycles. The van der Waals surface area contributed by atoms with Crippen molar-refractivity contribution in [2.45, 2.75) is 0 Å². The van der Waals surface area contributed by atoms with Crippen LogP contribution in [-0.2, 0) is 35.3 Å². The van der Waals surface area contributed by atoms with E-state index in [-0.39, 0.29) is 40.1 Å². The third-order valence-electron chi connectivity index (χ3n) is 0. The molecule has 0 unspecified atom stereocenters. The fraction of sp³-hybridized carbons (Fsp3) is 0. The summed E-state index contributed by atoms with van der Waals surface area (Å²) in [5, 5.41) is 0. The predicted octanol–water partition coefficient (Wildman–Crippen LogP) is -6.63. The molecule has 0 amide bonds. The summed E-state index contributed by atoms with van der Waals surface area (Å²) in [6, 6.07) is 0. The average molecular weight is 467 g/mol. The summed E-state index contributed by atoms with van der Waals surface area (Å²) in [6.07, 6.45) is 0. The average Bonchev–Trinajstić information content (AvgIpc) is 1.62. The van der Waals surface area contributed by atoms with Crippen molar-refractivity contribution in [1.82, 2.24) is 0 Å². The molecule has 0 heterocycles. The second-order valence-corrected chi connectivity index (χ2v) is 5.89. The molecule has 0 aromatic heterocycles. The van der Waals surface area contributed by atoms with Crippen molar-refractivity contribution in [3.05, 3.63) is 0 Å². The molecule has 0 fully saturated rings. The van der Waals surface area contributed by atoms with Crippen LogP contribution in [0.25, 0.3) is 0 Å². The zero-order valence-electron chi connectivity index (χ0n) is 9.72. The van der Waals surface area contributed by atoms with Gasteiger partial charge in [-0.15, -0.1) is 0 Å². The monoisotopic (exact) mass is 467 g/mol. The number of hydrogen-bond donors (Lipinski definition) is 8. The molecule has 0 aromatic rings. The molecule has 0 spiro atoms. The minimum Gasteiger partial charge on any atom is -0.756 e. The van der Waals surface area contributed by atoms with Gasteiger partial charge in [0.2, 0.25) is 0 Å². The van der Waals surface area contributed by atoms with Gasteiger partial charge < -0.3 is 58.7 Å². The van der Waals surface area contributed by atoms with Crippen molar-refractivity contribution < 1.29 is 94.0 Å². The van der Waals surface area contributed by atoms with E-state index in [2.05, 4.69) is 0 Å². The minimum absolute atomic E-state index is 0. The molecule has 16 nitrogen and oxygen atoms in total. The van der Waals surface area contributed by atoms with E-state index in [1.165, 1.54) is 0 Å². The van der Waals surface area contributed by atoms with Crippen LogP contribution in [0, 0.1) is 0 Å². The summed E-state index contributed by atoms with van der Waals surface area (Å²) in [7, 11) is -19.6. The van der Waals surface area contributed by atoms with Gasteiger partial charge in [0.25, 0.3) is 31.3 Å². The molecule has 0 saturated carbocycles. The SMILES string of the molecule is O=P([O-])(O)O.O=P([O-])(O)O.O=P([O-])(O)O.O=P([O-])(O)O.[Mg+2].[Mn+2].